The van der Waals surface area contributed by atoms with E-state index in [4.69, 9.17) is 14.2 Å². The van der Waals surface area contributed by atoms with Crippen LogP contribution in [-0.2, 0) is 0 Å². The van der Waals surface area contributed by atoms with Gasteiger partial charge in [0, 0.05) is 0 Å². The zero-order valence-electron chi connectivity index (χ0n) is 11.8. The summed E-state index contributed by atoms with van der Waals surface area (Å²) in [5.74, 6) is 2.04. The molecule has 2 aromatic carbocycles. The molecule has 0 saturated carbocycles. The molecule has 0 saturated heterocycles. The lowest BCUT2D eigenvalue weighted by Crippen LogP contribution is -1.98. The lowest BCUT2D eigenvalue weighted by molar-refractivity contribution is 0.101. The molecule has 4 nitrogen and oxygen atoms in total. The predicted octanol–water partition coefficient (Wildman–Crippen LogP) is 3.32. The van der Waals surface area contributed by atoms with Crippen LogP contribution in [0.25, 0.3) is 6.08 Å². The van der Waals surface area contributed by atoms with E-state index in [0.29, 0.717) is 28.6 Å². The molecule has 2 aromatic rings. The van der Waals surface area contributed by atoms with Crippen LogP contribution >= 0.6 is 0 Å². The highest BCUT2D eigenvalue weighted by Crippen LogP contribution is 2.33. The molecule has 3 rings (SSSR count). The summed E-state index contributed by atoms with van der Waals surface area (Å²) in [7, 11) is 3.15. The largest absolute Gasteiger partial charge is 0.493 e. The smallest absolute Gasteiger partial charge is 0.231 e. The maximum atomic E-state index is 12.2. The van der Waals surface area contributed by atoms with Crippen LogP contribution in [-0.4, -0.2) is 20.0 Å². The zero-order chi connectivity index (χ0) is 14.8. The summed E-state index contributed by atoms with van der Waals surface area (Å²) in [6.07, 6.45) is 1.70. The molecule has 0 bridgehead atoms. The van der Waals surface area contributed by atoms with Gasteiger partial charge >= 0.3 is 0 Å². The topological polar surface area (TPSA) is 44.8 Å². The van der Waals surface area contributed by atoms with Crippen LogP contribution in [0.5, 0.6) is 17.2 Å². The van der Waals surface area contributed by atoms with Crippen LogP contribution in [0, 0.1) is 0 Å². The van der Waals surface area contributed by atoms with Gasteiger partial charge < -0.3 is 14.2 Å². The third-order valence-corrected chi connectivity index (χ3v) is 3.28. The number of hydrogen-bond acceptors (Lipinski definition) is 4. The second-order valence-corrected chi connectivity index (χ2v) is 4.55. The van der Waals surface area contributed by atoms with Gasteiger partial charge in [0.2, 0.25) is 5.78 Å². The lowest BCUT2D eigenvalue weighted by Gasteiger charge is -2.08. The molecular weight excluding hydrogens is 268 g/mol. The summed E-state index contributed by atoms with van der Waals surface area (Å²) in [6, 6.07) is 12.6. The number of ketones is 1. The number of allylic oxidation sites excluding steroid dienone is 1. The van der Waals surface area contributed by atoms with Crippen LogP contribution < -0.4 is 14.2 Å². The fourth-order valence-electron chi connectivity index (χ4n) is 2.23. The molecule has 0 N–H and O–H groups in total. The molecule has 0 unspecified atom stereocenters. The van der Waals surface area contributed by atoms with E-state index in [1.807, 2.05) is 18.2 Å². The SMILES string of the molecule is COc1ccc(C=C2Oc3ccccc3C2=O)cc1OC. The molecule has 0 aromatic heterocycles. The molecule has 0 aliphatic carbocycles. The van der Waals surface area contributed by atoms with Crippen molar-refractivity contribution in [3.8, 4) is 17.2 Å². The summed E-state index contributed by atoms with van der Waals surface area (Å²) in [5, 5.41) is 0. The summed E-state index contributed by atoms with van der Waals surface area (Å²) in [5.41, 5.74) is 1.40. The van der Waals surface area contributed by atoms with Crippen molar-refractivity contribution in [2.45, 2.75) is 0 Å². The fraction of sp³-hybridized carbons (Fsp3) is 0.118. The van der Waals surface area contributed by atoms with Gasteiger partial charge in [-0.05, 0) is 35.9 Å². The summed E-state index contributed by atoms with van der Waals surface area (Å²) in [6.45, 7) is 0. The van der Waals surface area contributed by atoms with Gasteiger partial charge in [0.25, 0.3) is 0 Å². The highest BCUT2D eigenvalue weighted by atomic mass is 16.5. The molecule has 0 spiro atoms. The van der Waals surface area contributed by atoms with Crippen molar-refractivity contribution in [1.29, 1.82) is 0 Å². The Morgan fingerprint density at radius 1 is 1.00 bits per heavy atom. The fourth-order valence-corrected chi connectivity index (χ4v) is 2.23. The van der Waals surface area contributed by atoms with E-state index in [-0.39, 0.29) is 5.78 Å². The molecule has 0 atom stereocenters. The van der Waals surface area contributed by atoms with Crippen molar-refractivity contribution >= 4 is 11.9 Å². The van der Waals surface area contributed by atoms with Gasteiger partial charge in [-0.15, -0.1) is 0 Å². The first-order valence-electron chi connectivity index (χ1n) is 6.48. The van der Waals surface area contributed by atoms with E-state index in [1.54, 1.807) is 44.6 Å². The Balaban J connectivity index is 1.95. The standard InChI is InChI=1S/C17H14O4/c1-19-14-8-7-11(9-15(14)20-2)10-16-17(18)12-5-3-4-6-13(12)21-16/h3-10H,1-2H3. The average Bonchev–Trinajstić information content (AvgIpc) is 2.84. The molecular formula is C17H14O4. The number of Topliss-reactive ketones (excluding diaryl/α,β-unsaturated/α-hetero) is 1. The van der Waals surface area contributed by atoms with Crippen LogP contribution in [0.2, 0.25) is 0 Å². The molecule has 4 heteroatoms. The van der Waals surface area contributed by atoms with Gasteiger partial charge in [-0.1, -0.05) is 18.2 Å². The molecule has 21 heavy (non-hydrogen) atoms. The highest BCUT2D eigenvalue weighted by Gasteiger charge is 2.26. The number of fused-ring (bicyclic) bond motifs is 1. The molecule has 0 fully saturated rings. The first-order valence-corrected chi connectivity index (χ1v) is 6.48. The second kappa shape index (κ2) is 5.32. The monoisotopic (exact) mass is 282 g/mol. The number of ether oxygens (including phenoxy) is 3. The summed E-state index contributed by atoms with van der Waals surface area (Å²) < 4.78 is 16.0. The lowest BCUT2D eigenvalue weighted by atomic mass is 10.1. The number of para-hydroxylation sites is 1. The Hall–Kier alpha value is -2.75. The first-order chi connectivity index (χ1) is 10.2. The maximum Gasteiger partial charge on any atom is 0.231 e. The Labute approximate surface area is 122 Å². The third-order valence-electron chi connectivity index (χ3n) is 3.28. The zero-order valence-corrected chi connectivity index (χ0v) is 11.8. The van der Waals surface area contributed by atoms with Gasteiger partial charge in [0.05, 0.1) is 19.8 Å². The van der Waals surface area contributed by atoms with Gasteiger partial charge in [-0.3, -0.25) is 4.79 Å². The van der Waals surface area contributed by atoms with Crippen molar-refractivity contribution in [3.63, 3.8) is 0 Å². The molecule has 1 heterocycles. The van der Waals surface area contributed by atoms with Gasteiger partial charge in [-0.25, -0.2) is 0 Å². The van der Waals surface area contributed by atoms with E-state index in [2.05, 4.69) is 0 Å². The molecule has 1 aliphatic rings. The van der Waals surface area contributed by atoms with Gasteiger partial charge in [0.1, 0.15) is 5.75 Å². The van der Waals surface area contributed by atoms with Crippen LogP contribution in [0.3, 0.4) is 0 Å². The molecule has 0 amide bonds. The van der Waals surface area contributed by atoms with Crippen LogP contribution in [0.4, 0.5) is 0 Å². The van der Waals surface area contributed by atoms with E-state index >= 15 is 0 Å². The van der Waals surface area contributed by atoms with Crippen LogP contribution in [0.1, 0.15) is 15.9 Å². The number of benzene rings is 2. The Bertz CT molecular complexity index is 731. The van der Waals surface area contributed by atoms with Crippen molar-refractivity contribution in [1.82, 2.24) is 0 Å². The van der Waals surface area contributed by atoms with E-state index in [1.165, 1.54) is 0 Å². The van der Waals surface area contributed by atoms with Crippen molar-refractivity contribution in [2.24, 2.45) is 0 Å². The second-order valence-electron chi connectivity index (χ2n) is 4.55. The molecule has 1 aliphatic heterocycles. The first kappa shape index (κ1) is 13.2. The predicted molar refractivity (Wildman–Crippen MR) is 78.9 cm³/mol. The number of carbonyl (C=O) groups excluding carboxylic acids is 1. The molecule has 106 valence electrons. The quantitative estimate of drug-likeness (QED) is 0.810. The van der Waals surface area contributed by atoms with Crippen molar-refractivity contribution in [3.05, 3.63) is 59.4 Å². The average molecular weight is 282 g/mol. The van der Waals surface area contributed by atoms with E-state index in [9.17, 15) is 4.79 Å². The minimum Gasteiger partial charge on any atom is -0.493 e. The number of methoxy groups -OCH3 is 2. The van der Waals surface area contributed by atoms with Crippen LogP contribution in [0.15, 0.2) is 48.2 Å². The number of rotatable bonds is 3. The number of hydrogen-bond donors (Lipinski definition) is 0. The Kier molecular flexibility index (Phi) is 3.36. The normalized spacial score (nSPS) is 14.8. The maximum absolute atomic E-state index is 12.2. The number of carbonyl (C=O) groups is 1. The summed E-state index contributed by atoms with van der Waals surface area (Å²) >= 11 is 0. The van der Waals surface area contributed by atoms with Gasteiger partial charge in [-0.2, -0.15) is 0 Å². The van der Waals surface area contributed by atoms with E-state index < -0.39 is 0 Å². The third kappa shape index (κ3) is 2.36. The molecule has 0 radical (unpaired) electrons. The van der Waals surface area contributed by atoms with Crippen molar-refractivity contribution < 1.29 is 19.0 Å². The summed E-state index contributed by atoms with van der Waals surface area (Å²) in [4.78, 5) is 12.2. The van der Waals surface area contributed by atoms with Gasteiger partial charge in [0.15, 0.2) is 17.3 Å². The van der Waals surface area contributed by atoms with E-state index in [0.717, 1.165) is 5.56 Å². The minimum absolute atomic E-state index is 0.111. The van der Waals surface area contributed by atoms with Crippen molar-refractivity contribution in [2.75, 3.05) is 14.2 Å². The highest BCUT2D eigenvalue weighted by molar-refractivity contribution is 6.14. The Morgan fingerprint density at radius 2 is 1.76 bits per heavy atom. The Morgan fingerprint density at radius 3 is 2.48 bits per heavy atom. The minimum atomic E-state index is -0.111.